The molecule has 0 aliphatic rings. The SMILES string of the molecule is O=C(NC(NC(=S)Nc1cccc(C(F)(F)F)c1)C(Cl)(Cl)Cl)c1ccc(Br)cc1. The molecule has 0 saturated carbocycles. The molecular formula is C17H12BrCl3F3N3OS. The molecule has 12 heteroatoms. The van der Waals surface area contributed by atoms with Gasteiger partial charge in [0.05, 0.1) is 5.56 Å². The lowest BCUT2D eigenvalue weighted by Gasteiger charge is -2.28. The number of anilines is 1. The van der Waals surface area contributed by atoms with Gasteiger partial charge in [0.2, 0.25) is 3.79 Å². The van der Waals surface area contributed by atoms with Crippen molar-refractivity contribution in [1.29, 1.82) is 0 Å². The molecule has 29 heavy (non-hydrogen) atoms. The molecule has 2 rings (SSSR count). The molecule has 0 spiro atoms. The molecule has 1 atom stereocenters. The van der Waals surface area contributed by atoms with Crippen LogP contribution in [0.5, 0.6) is 0 Å². The van der Waals surface area contributed by atoms with Gasteiger partial charge >= 0.3 is 6.18 Å². The number of nitrogens with one attached hydrogen (secondary N) is 3. The first kappa shape index (κ1) is 24.0. The monoisotopic (exact) mass is 547 g/mol. The number of rotatable bonds is 4. The van der Waals surface area contributed by atoms with Crippen LogP contribution in [0.4, 0.5) is 18.9 Å². The highest BCUT2D eigenvalue weighted by molar-refractivity contribution is 9.10. The summed E-state index contributed by atoms with van der Waals surface area (Å²) in [4.78, 5) is 12.4. The number of halogens is 7. The van der Waals surface area contributed by atoms with E-state index in [-0.39, 0.29) is 10.8 Å². The predicted molar refractivity (Wildman–Crippen MR) is 116 cm³/mol. The lowest BCUT2D eigenvalue weighted by molar-refractivity contribution is -0.137. The lowest BCUT2D eigenvalue weighted by atomic mass is 10.2. The Labute approximate surface area is 193 Å². The summed E-state index contributed by atoms with van der Waals surface area (Å²) in [5, 5.41) is 7.46. The highest BCUT2D eigenvalue weighted by Gasteiger charge is 2.35. The molecule has 0 aromatic heterocycles. The van der Waals surface area contributed by atoms with E-state index >= 15 is 0 Å². The van der Waals surface area contributed by atoms with Gasteiger partial charge in [-0.3, -0.25) is 4.79 Å². The normalized spacial score (nSPS) is 12.8. The topological polar surface area (TPSA) is 53.2 Å². The van der Waals surface area contributed by atoms with Crippen LogP contribution in [-0.2, 0) is 6.18 Å². The van der Waals surface area contributed by atoms with Gasteiger partial charge in [-0.15, -0.1) is 0 Å². The van der Waals surface area contributed by atoms with Gasteiger partial charge in [-0.1, -0.05) is 56.8 Å². The summed E-state index contributed by atoms with van der Waals surface area (Å²) in [5.74, 6) is -0.553. The maximum absolute atomic E-state index is 12.8. The first-order valence-corrected chi connectivity index (χ1v) is 10.1. The van der Waals surface area contributed by atoms with Crippen molar-refractivity contribution in [3.63, 3.8) is 0 Å². The summed E-state index contributed by atoms with van der Waals surface area (Å²) in [6.45, 7) is 0. The Morgan fingerprint density at radius 1 is 1.03 bits per heavy atom. The van der Waals surface area contributed by atoms with Crippen molar-refractivity contribution in [2.75, 3.05) is 5.32 Å². The zero-order valence-corrected chi connectivity index (χ0v) is 18.8. The summed E-state index contributed by atoms with van der Waals surface area (Å²) in [5.41, 5.74) is -0.489. The third-order valence-electron chi connectivity index (χ3n) is 3.43. The number of hydrogen-bond donors (Lipinski definition) is 3. The molecule has 0 heterocycles. The van der Waals surface area contributed by atoms with Crippen molar-refractivity contribution in [2.45, 2.75) is 16.1 Å². The quantitative estimate of drug-likeness (QED) is 0.253. The van der Waals surface area contributed by atoms with Crippen LogP contribution in [0.3, 0.4) is 0 Å². The highest BCUT2D eigenvalue weighted by Crippen LogP contribution is 2.31. The van der Waals surface area contributed by atoms with Crippen LogP contribution in [0, 0.1) is 0 Å². The van der Waals surface area contributed by atoms with Gasteiger partial charge in [0, 0.05) is 15.7 Å². The van der Waals surface area contributed by atoms with Crippen LogP contribution in [0.25, 0.3) is 0 Å². The summed E-state index contributed by atoms with van der Waals surface area (Å²) < 4.78 is 37.2. The molecule has 4 nitrogen and oxygen atoms in total. The number of amides is 1. The molecule has 2 aromatic rings. The minimum atomic E-state index is -4.51. The third kappa shape index (κ3) is 7.49. The van der Waals surface area contributed by atoms with E-state index in [9.17, 15) is 18.0 Å². The van der Waals surface area contributed by atoms with Gasteiger partial charge in [-0.05, 0) is 54.7 Å². The Bertz CT molecular complexity index is 892. The van der Waals surface area contributed by atoms with Crippen molar-refractivity contribution in [3.05, 3.63) is 64.1 Å². The zero-order chi connectivity index (χ0) is 21.8. The van der Waals surface area contributed by atoms with Crippen LogP contribution < -0.4 is 16.0 Å². The average Bonchev–Trinajstić information content (AvgIpc) is 2.60. The molecule has 0 saturated heterocycles. The Morgan fingerprint density at radius 2 is 1.66 bits per heavy atom. The Morgan fingerprint density at radius 3 is 2.21 bits per heavy atom. The van der Waals surface area contributed by atoms with E-state index in [0.29, 0.717) is 5.56 Å². The first-order valence-electron chi connectivity index (χ1n) is 7.74. The van der Waals surface area contributed by atoms with Crippen LogP contribution in [0.15, 0.2) is 53.0 Å². The van der Waals surface area contributed by atoms with Crippen LogP contribution in [0.2, 0.25) is 0 Å². The van der Waals surface area contributed by atoms with Crippen molar-refractivity contribution >= 4 is 79.7 Å². The molecule has 0 fully saturated rings. The van der Waals surface area contributed by atoms with Gasteiger partial charge in [-0.25, -0.2) is 0 Å². The minimum Gasteiger partial charge on any atom is -0.339 e. The number of hydrogen-bond acceptors (Lipinski definition) is 2. The first-order chi connectivity index (χ1) is 13.4. The molecule has 2 aromatic carbocycles. The minimum absolute atomic E-state index is 0.0691. The van der Waals surface area contributed by atoms with Crippen molar-refractivity contribution in [3.8, 4) is 0 Å². The van der Waals surface area contributed by atoms with Gasteiger partial charge in [-0.2, -0.15) is 13.2 Å². The maximum atomic E-state index is 12.8. The standard InChI is InChI=1S/C17H12BrCl3F3N3OS/c18-11-6-4-9(5-7-11)13(28)26-14(16(19,20)21)27-15(29)25-12-3-1-2-10(8-12)17(22,23)24/h1-8,14H,(H,26,28)(H2,25,27,29). The smallest absolute Gasteiger partial charge is 0.339 e. The fraction of sp³-hybridized carbons (Fsp3) is 0.176. The fourth-order valence-corrected chi connectivity index (χ4v) is 2.91. The van der Waals surface area contributed by atoms with Gasteiger partial charge in [0.25, 0.3) is 5.91 Å². The summed E-state index contributed by atoms with van der Waals surface area (Å²) in [6, 6.07) is 10.8. The maximum Gasteiger partial charge on any atom is 0.416 e. The number of benzene rings is 2. The summed E-state index contributed by atoms with van der Waals surface area (Å²) in [6.07, 6.45) is -5.78. The molecule has 0 aliphatic heterocycles. The highest BCUT2D eigenvalue weighted by atomic mass is 79.9. The fourth-order valence-electron chi connectivity index (χ4n) is 2.09. The molecule has 0 aliphatic carbocycles. The number of thiocarbonyl (C=S) groups is 1. The average molecular weight is 550 g/mol. The Balaban J connectivity index is 2.09. The summed E-state index contributed by atoms with van der Waals surface area (Å²) >= 11 is 26.0. The van der Waals surface area contributed by atoms with E-state index in [2.05, 4.69) is 31.9 Å². The molecule has 0 bridgehead atoms. The van der Waals surface area contributed by atoms with Crippen LogP contribution >= 0.6 is 63.0 Å². The molecule has 1 amide bonds. The van der Waals surface area contributed by atoms with E-state index in [1.54, 1.807) is 24.3 Å². The van der Waals surface area contributed by atoms with Crippen molar-refractivity contribution in [1.82, 2.24) is 10.6 Å². The molecule has 3 N–H and O–H groups in total. The number of carbonyl (C=O) groups is 1. The lowest BCUT2D eigenvalue weighted by Crippen LogP contribution is -2.56. The second-order valence-electron chi connectivity index (χ2n) is 5.63. The second kappa shape index (κ2) is 9.70. The largest absolute Gasteiger partial charge is 0.416 e. The molecular weight excluding hydrogens is 538 g/mol. The van der Waals surface area contributed by atoms with E-state index in [0.717, 1.165) is 16.6 Å². The van der Waals surface area contributed by atoms with Crippen LogP contribution in [-0.4, -0.2) is 21.0 Å². The molecule has 156 valence electrons. The van der Waals surface area contributed by atoms with Gasteiger partial charge < -0.3 is 16.0 Å². The summed E-state index contributed by atoms with van der Waals surface area (Å²) in [7, 11) is 0. The Kier molecular flexibility index (Phi) is 8.03. The predicted octanol–water partition coefficient (Wildman–Crippen LogP) is 5.88. The number of carbonyl (C=O) groups excluding carboxylic acids is 1. The van der Waals surface area contributed by atoms with E-state index in [1.807, 2.05) is 0 Å². The molecule has 0 radical (unpaired) electrons. The number of alkyl halides is 6. The van der Waals surface area contributed by atoms with Gasteiger partial charge in [0.1, 0.15) is 6.17 Å². The van der Waals surface area contributed by atoms with Crippen LogP contribution in [0.1, 0.15) is 15.9 Å². The van der Waals surface area contributed by atoms with E-state index < -0.39 is 27.6 Å². The van der Waals surface area contributed by atoms with Gasteiger partial charge in [0.15, 0.2) is 5.11 Å². The third-order valence-corrected chi connectivity index (χ3v) is 4.84. The second-order valence-corrected chi connectivity index (χ2v) is 9.32. The Hall–Kier alpha value is -1.26. The van der Waals surface area contributed by atoms with E-state index in [1.165, 1.54) is 12.1 Å². The van der Waals surface area contributed by atoms with Crippen molar-refractivity contribution < 1.29 is 18.0 Å². The molecule has 1 unspecified atom stereocenters. The zero-order valence-electron chi connectivity index (χ0n) is 14.2. The van der Waals surface area contributed by atoms with Crippen molar-refractivity contribution in [2.24, 2.45) is 0 Å². The van der Waals surface area contributed by atoms with E-state index in [4.69, 9.17) is 47.0 Å².